The summed E-state index contributed by atoms with van der Waals surface area (Å²) in [5, 5.41) is 82.6. The Hall–Kier alpha value is -1.50. The minimum atomic E-state index is -2.81. The fourth-order valence-corrected chi connectivity index (χ4v) is 3.86. The molecule has 15 heteroatoms. The Morgan fingerprint density at radius 2 is 1.82 bits per heavy atom. The van der Waals surface area contributed by atoms with Crippen LogP contribution in [0.3, 0.4) is 0 Å². The van der Waals surface area contributed by atoms with Gasteiger partial charge in [0.05, 0.1) is 25.4 Å². The summed E-state index contributed by atoms with van der Waals surface area (Å²) in [5.41, 5.74) is 0. The number of hydrogen-bond acceptors (Lipinski definition) is 13. The molecule has 0 aromatic carbocycles. The van der Waals surface area contributed by atoms with Crippen molar-refractivity contribution in [2.24, 2.45) is 0 Å². The van der Waals surface area contributed by atoms with Gasteiger partial charge >= 0.3 is 5.97 Å². The van der Waals surface area contributed by atoms with E-state index in [-0.39, 0.29) is 0 Å². The number of carbonyl (C=O) groups is 2. The highest BCUT2D eigenvalue weighted by atomic mass is 16.8. The lowest BCUT2D eigenvalue weighted by molar-refractivity contribution is -0.368. The van der Waals surface area contributed by atoms with E-state index in [0.717, 1.165) is 14.0 Å². The Morgan fingerprint density at radius 3 is 2.30 bits per heavy atom. The van der Waals surface area contributed by atoms with E-state index < -0.39 is 98.5 Å². The summed E-state index contributed by atoms with van der Waals surface area (Å²) in [7, 11) is 1.14. The van der Waals surface area contributed by atoms with Crippen molar-refractivity contribution < 1.29 is 69.4 Å². The number of hydrogen-bond donors (Lipinski definition) is 9. The van der Waals surface area contributed by atoms with E-state index in [2.05, 4.69) is 5.32 Å². The molecule has 1 amide bonds. The first kappa shape index (κ1) is 27.7. The number of carbonyl (C=O) groups excluding carboxylic acids is 1. The van der Waals surface area contributed by atoms with Gasteiger partial charge in [0, 0.05) is 20.5 Å². The number of nitrogens with one attached hydrogen (secondary N) is 1. The van der Waals surface area contributed by atoms with Crippen LogP contribution in [0.15, 0.2) is 0 Å². The van der Waals surface area contributed by atoms with Crippen molar-refractivity contribution in [2.75, 3.05) is 20.3 Å². The molecule has 0 bridgehead atoms. The number of methoxy groups -OCH3 is 1. The van der Waals surface area contributed by atoms with Crippen LogP contribution in [-0.4, -0.2) is 140 Å². The zero-order valence-electron chi connectivity index (χ0n) is 17.9. The quantitative estimate of drug-likeness (QED) is 0.138. The zero-order valence-corrected chi connectivity index (χ0v) is 17.9. The van der Waals surface area contributed by atoms with Gasteiger partial charge in [-0.3, -0.25) is 4.79 Å². The summed E-state index contributed by atoms with van der Waals surface area (Å²) in [5.74, 6) is -5.32. The predicted molar refractivity (Wildman–Crippen MR) is 102 cm³/mol. The van der Waals surface area contributed by atoms with E-state index in [1.54, 1.807) is 0 Å². The molecule has 192 valence electrons. The van der Waals surface area contributed by atoms with Crippen molar-refractivity contribution >= 4 is 11.9 Å². The molecule has 2 fully saturated rings. The number of aliphatic hydroxyl groups is 7. The first-order valence-corrected chi connectivity index (χ1v) is 10.1. The molecular formula is C18H31NO14. The average molecular weight is 487 g/mol. The molecule has 0 aliphatic carbocycles. The Kier molecular flexibility index (Phi) is 9.49. The van der Waals surface area contributed by atoms with Gasteiger partial charge in [0.2, 0.25) is 5.91 Å². The topological polar surface area (TPSA) is 245 Å². The lowest BCUT2D eigenvalue weighted by Gasteiger charge is -2.49. The van der Waals surface area contributed by atoms with Crippen LogP contribution in [0.4, 0.5) is 0 Å². The summed E-state index contributed by atoms with van der Waals surface area (Å²) >= 11 is 0. The van der Waals surface area contributed by atoms with Gasteiger partial charge in [-0.25, -0.2) is 4.79 Å². The maximum absolute atomic E-state index is 12.2. The lowest BCUT2D eigenvalue weighted by atomic mass is 9.94. The third-order valence-electron chi connectivity index (χ3n) is 5.57. The van der Waals surface area contributed by atoms with Crippen molar-refractivity contribution in [1.29, 1.82) is 0 Å². The summed E-state index contributed by atoms with van der Waals surface area (Å²) in [6, 6.07) is -1.42. The highest BCUT2D eigenvalue weighted by Crippen LogP contribution is 2.37. The van der Waals surface area contributed by atoms with Crippen LogP contribution in [0.25, 0.3) is 0 Å². The van der Waals surface area contributed by atoms with E-state index in [1.165, 1.54) is 0 Å². The van der Waals surface area contributed by atoms with Crippen LogP contribution in [0.5, 0.6) is 0 Å². The molecular weight excluding hydrogens is 456 g/mol. The van der Waals surface area contributed by atoms with Crippen LogP contribution in [0.2, 0.25) is 0 Å². The largest absolute Gasteiger partial charge is 0.477 e. The van der Waals surface area contributed by atoms with Gasteiger partial charge in [0.15, 0.2) is 6.29 Å². The van der Waals surface area contributed by atoms with Crippen molar-refractivity contribution in [3.63, 3.8) is 0 Å². The maximum atomic E-state index is 12.2. The smallest absolute Gasteiger partial charge is 0.364 e. The minimum absolute atomic E-state index is 0.675. The van der Waals surface area contributed by atoms with Gasteiger partial charge in [-0.15, -0.1) is 0 Å². The molecule has 2 heterocycles. The fourth-order valence-electron chi connectivity index (χ4n) is 3.86. The molecule has 2 rings (SSSR count). The van der Waals surface area contributed by atoms with E-state index in [1.807, 2.05) is 0 Å². The van der Waals surface area contributed by atoms with Crippen LogP contribution in [0.1, 0.15) is 13.3 Å². The molecule has 0 radical (unpaired) electrons. The lowest BCUT2D eigenvalue weighted by Crippen LogP contribution is -2.70. The van der Waals surface area contributed by atoms with Gasteiger partial charge in [0.1, 0.15) is 42.7 Å². The Balaban J connectivity index is 2.44. The van der Waals surface area contributed by atoms with E-state index in [4.69, 9.17) is 18.9 Å². The summed E-state index contributed by atoms with van der Waals surface area (Å²) in [6.07, 6.45) is -16.3. The minimum Gasteiger partial charge on any atom is -0.477 e. The number of aliphatic carboxylic acids is 1. The van der Waals surface area contributed by atoms with Crippen molar-refractivity contribution in [2.45, 2.75) is 80.3 Å². The maximum Gasteiger partial charge on any atom is 0.364 e. The van der Waals surface area contributed by atoms with Gasteiger partial charge in [-0.05, 0) is 0 Å². The number of rotatable bonds is 9. The van der Waals surface area contributed by atoms with Gasteiger partial charge < -0.3 is 65.1 Å². The Labute approximate surface area is 188 Å². The number of aliphatic hydroxyl groups excluding tert-OH is 7. The monoisotopic (exact) mass is 487 g/mol. The molecule has 0 aromatic heterocycles. The third-order valence-corrected chi connectivity index (χ3v) is 5.57. The normalized spacial score (nSPS) is 41.2. The van der Waals surface area contributed by atoms with Crippen molar-refractivity contribution in [1.82, 2.24) is 5.32 Å². The number of carboxylic acid groups (broad SMARTS) is 1. The molecule has 15 nitrogen and oxygen atoms in total. The second-order valence-corrected chi connectivity index (χ2v) is 7.90. The first-order valence-electron chi connectivity index (χ1n) is 10.1. The molecule has 9 N–H and O–H groups in total. The van der Waals surface area contributed by atoms with E-state index >= 15 is 0 Å². The second-order valence-electron chi connectivity index (χ2n) is 7.90. The molecule has 0 saturated carbocycles. The van der Waals surface area contributed by atoms with Crippen LogP contribution < -0.4 is 5.32 Å². The van der Waals surface area contributed by atoms with Crippen LogP contribution in [-0.2, 0) is 28.5 Å². The Morgan fingerprint density at radius 1 is 1.18 bits per heavy atom. The fraction of sp³-hybridized carbons (Fsp3) is 0.889. The third kappa shape index (κ3) is 5.77. The average Bonchev–Trinajstić information content (AvgIpc) is 2.77. The SMILES string of the molecule is CO[13C@@H]1O[C@H](CO)[C@H](O)[C@H](O[C@]2(C(=O)O)[13CH2][C@H](O)[C@@H](NC(C)=O)[C@H]([C@H](O)[C@H](O)CO)O2)[C@H]1O. The van der Waals surface area contributed by atoms with Gasteiger partial charge in [-0.2, -0.15) is 0 Å². The van der Waals surface area contributed by atoms with E-state index in [0.29, 0.717) is 0 Å². The van der Waals surface area contributed by atoms with Gasteiger partial charge in [-0.1, -0.05) is 0 Å². The molecule has 33 heavy (non-hydrogen) atoms. The van der Waals surface area contributed by atoms with Crippen LogP contribution in [0, 0.1) is 0 Å². The number of ether oxygens (including phenoxy) is 4. The zero-order chi connectivity index (χ0) is 25.1. The molecule has 2 saturated heterocycles. The number of carboxylic acids is 1. The summed E-state index contributed by atoms with van der Waals surface area (Å²) < 4.78 is 21.0. The summed E-state index contributed by atoms with van der Waals surface area (Å²) in [4.78, 5) is 23.8. The highest BCUT2D eigenvalue weighted by Gasteiger charge is 2.59. The highest BCUT2D eigenvalue weighted by molar-refractivity contribution is 5.76. The van der Waals surface area contributed by atoms with Crippen LogP contribution >= 0.6 is 0 Å². The first-order chi connectivity index (χ1) is 15.4. The predicted octanol–water partition coefficient (Wildman–Crippen LogP) is -5.39. The number of amides is 1. The summed E-state index contributed by atoms with van der Waals surface area (Å²) in [6.45, 7) is -0.620. The Bertz CT molecular complexity index is 665. The molecule has 2 aliphatic rings. The molecule has 0 spiro atoms. The standard InChI is InChI=1S/C18H31NO14/c1-6(22)19-10-7(23)3-18(17(28)29,32-14(10)11(25)8(24)4-20)33-15-12(26)9(5-21)31-16(30-2)13(15)27/h7-16,20-21,23-27H,3-5H2,1-2H3,(H,19,22)(H,28,29)/t7-,8+,9+,10+,11+,12-,13+,14+,15-,16+,18-/m0/s1/i3+1,16+1. The van der Waals surface area contributed by atoms with Crippen molar-refractivity contribution in [3.05, 3.63) is 0 Å². The second kappa shape index (κ2) is 11.3. The molecule has 11 atom stereocenters. The molecule has 0 unspecified atom stereocenters. The van der Waals surface area contributed by atoms with Gasteiger partial charge in [0.25, 0.3) is 5.79 Å². The van der Waals surface area contributed by atoms with Crippen molar-refractivity contribution in [3.8, 4) is 0 Å². The molecule has 2 aliphatic heterocycles. The molecule has 0 aromatic rings. The van der Waals surface area contributed by atoms with E-state index in [9.17, 15) is 50.4 Å².